The maximum Gasteiger partial charge on any atom is 0.319 e. The molecule has 3 N–H and O–H groups in total. The van der Waals surface area contributed by atoms with E-state index in [1.807, 2.05) is 0 Å². The third-order valence-electron chi connectivity index (χ3n) is 4.29. The summed E-state index contributed by atoms with van der Waals surface area (Å²) in [6, 6.07) is 6.61. The second kappa shape index (κ2) is 7.14. The molecule has 2 amide bonds. The van der Waals surface area contributed by atoms with E-state index in [-0.39, 0.29) is 6.03 Å². The minimum Gasteiger partial charge on any atom is -0.388 e. The van der Waals surface area contributed by atoms with Crippen LogP contribution in [-0.4, -0.2) is 23.3 Å². The van der Waals surface area contributed by atoms with Gasteiger partial charge in [-0.05, 0) is 55.9 Å². The van der Waals surface area contributed by atoms with Gasteiger partial charge in [0.2, 0.25) is 0 Å². The molecule has 1 aromatic carbocycles. The van der Waals surface area contributed by atoms with Gasteiger partial charge >= 0.3 is 6.03 Å². The van der Waals surface area contributed by atoms with Crippen molar-refractivity contribution in [1.29, 1.82) is 0 Å². The molecule has 0 heterocycles. The first-order valence-corrected chi connectivity index (χ1v) is 7.91. The van der Waals surface area contributed by atoms with Crippen molar-refractivity contribution in [3.05, 3.63) is 29.3 Å². The molecule has 116 valence electrons. The van der Waals surface area contributed by atoms with Gasteiger partial charge in [0.25, 0.3) is 0 Å². The summed E-state index contributed by atoms with van der Waals surface area (Å²) in [7, 11) is 0. The van der Waals surface area contributed by atoms with E-state index in [0.717, 1.165) is 25.7 Å². The van der Waals surface area contributed by atoms with Crippen LogP contribution in [0.3, 0.4) is 0 Å². The van der Waals surface area contributed by atoms with Crippen molar-refractivity contribution in [1.82, 2.24) is 5.32 Å². The summed E-state index contributed by atoms with van der Waals surface area (Å²) in [4.78, 5) is 11.8. The molecular weight excluding hydrogens is 288 g/mol. The number of benzene rings is 1. The fourth-order valence-corrected chi connectivity index (χ4v) is 2.88. The third-order valence-corrected chi connectivity index (χ3v) is 4.55. The fourth-order valence-electron chi connectivity index (χ4n) is 2.75. The molecule has 4 nitrogen and oxygen atoms in total. The molecule has 0 radical (unpaired) electrons. The number of hydrogen-bond acceptors (Lipinski definition) is 2. The van der Waals surface area contributed by atoms with E-state index in [2.05, 4.69) is 17.6 Å². The largest absolute Gasteiger partial charge is 0.388 e. The SMILES string of the molecule is CCC1CCC(O)(CNC(=O)Nc2ccc(Cl)cc2)CC1. The number of anilines is 1. The Morgan fingerprint density at radius 2 is 1.95 bits per heavy atom. The molecule has 1 aromatic rings. The molecule has 0 aliphatic heterocycles. The predicted molar refractivity (Wildman–Crippen MR) is 85.7 cm³/mol. The zero-order valence-corrected chi connectivity index (χ0v) is 13.1. The Hall–Kier alpha value is -1.26. The standard InChI is InChI=1S/C16H23ClN2O2/c1-2-12-7-9-16(21,10-8-12)11-18-15(20)19-14-5-3-13(17)4-6-14/h3-6,12,21H,2,7-11H2,1H3,(H2,18,19,20). The van der Waals surface area contributed by atoms with Crippen LogP contribution in [0.15, 0.2) is 24.3 Å². The lowest BCUT2D eigenvalue weighted by molar-refractivity contribution is -0.00612. The molecule has 0 atom stereocenters. The topological polar surface area (TPSA) is 61.4 Å². The smallest absolute Gasteiger partial charge is 0.319 e. The van der Waals surface area contributed by atoms with E-state index in [0.29, 0.717) is 23.2 Å². The molecule has 0 unspecified atom stereocenters. The highest BCUT2D eigenvalue weighted by Gasteiger charge is 2.32. The molecule has 0 saturated heterocycles. The predicted octanol–water partition coefficient (Wildman–Crippen LogP) is 3.79. The van der Waals surface area contributed by atoms with Crippen molar-refractivity contribution in [2.75, 3.05) is 11.9 Å². The van der Waals surface area contributed by atoms with E-state index in [1.165, 1.54) is 6.42 Å². The number of amides is 2. The number of aliphatic hydroxyl groups is 1. The van der Waals surface area contributed by atoms with Crippen molar-refractivity contribution in [2.45, 2.75) is 44.6 Å². The minimum absolute atomic E-state index is 0.295. The second-order valence-corrected chi connectivity index (χ2v) is 6.33. The first-order valence-electron chi connectivity index (χ1n) is 7.53. The van der Waals surface area contributed by atoms with Gasteiger partial charge in [-0.2, -0.15) is 0 Å². The van der Waals surface area contributed by atoms with Crippen molar-refractivity contribution in [2.24, 2.45) is 5.92 Å². The first kappa shape index (κ1) is 16.1. The average molecular weight is 311 g/mol. The Morgan fingerprint density at radius 1 is 1.33 bits per heavy atom. The normalized spacial score (nSPS) is 25.4. The Bertz CT molecular complexity index is 468. The van der Waals surface area contributed by atoms with Gasteiger partial charge in [-0.25, -0.2) is 4.79 Å². The number of carbonyl (C=O) groups excluding carboxylic acids is 1. The van der Waals surface area contributed by atoms with E-state index < -0.39 is 5.60 Å². The molecule has 0 bridgehead atoms. The van der Waals surface area contributed by atoms with Crippen LogP contribution < -0.4 is 10.6 Å². The van der Waals surface area contributed by atoms with E-state index in [4.69, 9.17) is 11.6 Å². The fraction of sp³-hybridized carbons (Fsp3) is 0.562. The van der Waals surface area contributed by atoms with Crippen molar-refractivity contribution in [3.8, 4) is 0 Å². The molecule has 21 heavy (non-hydrogen) atoms. The molecule has 2 rings (SSSR count). The van der Waals surface area contributed by atoms with Gasteiger partial charge in [0.15, 0.2) is 0 Å². The molecule has 0 aromatic heterocycles. The number of nitrogens with one attached hydrogen (secondary N) is 2. The van der Waals surface area contributed by atoms with Gasteiger partial charge in [-0.3, -0.25) is 0 Å². The molecule has 1 aliphatic rings. The monoisotopic (exact) mass is 310 g/mol. The lowest BCUT2D eigenvalue weighted by atomic mass is 9.78. The molecule has 5 heteroatoms. The summed E-state index contributed by atoms with van der Waals surface area (Å²) in [6.07, 6.45) is 4.75. The molecule has 1 saturated carbocycles. The van der Waals surface area contributed by atoms with Gasteiger partial charge in [0.1, 0.15) is 0 Å². The van der Waals surface area contributed by atoms with Crippen molar-refractivity contribution >= 4 is 23.3 Å². The molecule has 1 fully saturated rings. The second-order valence-electron chi connectivity index (χ2n) is 5.89. The van der Waals surface area contributed by atoms with Gasteiger partial charge in [-0.15, -0.1) is 0 Å². The maximum absolute atomic E-state index is 11.8. The van der Waals surface area contributed by atoms with Crippen LogP contribution in [0.5, 0.6) is 0 Å². The lowest BCUT2D eigenvalue weighted by Crippen LogP contribution is -2.46. The Kier molecular flexibility index (Phi) is 5.48. The zero-order valence-electron chi connectivity index (χ0n) is 12.4. The van der Waals surface area contributed by atoms with Crippen molar-refractivity contribution in [3.63, 3.8) is 0 Å². The van der Waals surface area contributed by atoms with Crippen LogP contribution >= 0.6 is 11.6 Å². The van der Waals surface area contributed by atoms with Crippen LogP contribution in [0.2, 0.25) is 5.02 Å². The number of urea groups is 1. The highest BCUT2D eigenvalue weighted by atomic mass is 35.5. The van der Waals surface area contributed by atoms with Crippen LogP contribution in [0.4, 0.5) is 10.5 Å². The maximum atomic E-state index is 11.8. The average Bonchev–Trinajstić information content (AvgIpc) is 2.49. The first-order chi connectivity index (χ1) is 10.0. The number of halogens is 1. The zero-order chi connectivity index (χ0) is 15.3. The number of hydrogen-bond donors (Lipinski definition) is 3. The van der Waals surface area contributed by atoms with Crippen molar-refractivity contribution < 1.29 is 9.90 Å². The Balaban J connectivity index is 1.77. The van der Waals surface area contributed by atoms with Gasteiger partial charge in [0.05, 0.1) is 5.60 Å². The van der Waals surface area contributed by atoms with Crippen LogP contribution in [0.1, 0.15) is 39.0 Å². The third kappa shape index (κ3) is 4.90. The van der Waals surface area contributed by atoms with Crippen LogP contribution in [0, 0.1) is 5.92 Å². The van der Waals surface area contributed by atoms with E-state index in [1.54, 1.807) is 24.3 Å². The minimum atomic E-state index is -0.761. The highest BCUT2D eigenvalue weighted by molar-refractivity contribution is 6.30. The quantitative estimate of drug-likeness (QED) is 0.792. The lowest BCUT2D eigenvalue weighted by Gasteiger charge is -2.35. The number of rotatable bonds is 4. The van der Waals surface area contributed by atoms with Crippen LogP contribution in [-0.2, 0) is 0 Å². The molecule has 0 spiro atoms. The van der Waals surface area contributed by atoms with Crippen LogP contribution in [0.25, 0.3) is 0 Å². The Morgan fingerprint density at radius 3 is 2.52 bits per heavy atom. The number of carbonyl (C=O) groups is 1. The van der Waals surface area contributed by atoms with Gasteiger partial charge in [0, 0.05) is 17.3 Å². The van der Waals surface area contributed by atoms with Gasteiger partial charge < -0.3 is 15.7 Å². The van der Waals surface area contributed by atoms with Gasteiger partial charge in [-0.1, -0.05) is 24.9 Å². The summed E-state index contributed by atoms with van der Waals surface area (Å²) in [5, 5.41) is 16.6. The summed E-state index contributed by atoms with van der Waals surface area (Å²) in [6.45, 7) is 2.48. The summed E-state index contributed by atoms with van der Waals surface area (Å²) < 4.78 is 0. The summed E-state index contributed by atoms with van der Waals surface area (Å²) >= 11 is 5.79. The highest BCUT2D eigenvalue weighted by Crippen LogP contribution is 2.33. The Labute approximate surface area is 130 Å². The van der Waals surface area contributed by atoms with E-state index in [9.17, 15) is 9.90 Å². The molecule has 1 aliphatic carbocycles. The molecular formula is C16H23ClN2O2. The summed E-state index contributed by atoms with van der Waals surface area (Å²) in [5.74, 6) is 0.716. The van der Waals surface area contributed by atoms with E-state index >= 15 is 0 Å². The summed E-state index contributed by atoms with van der Waals surface area (Å²) in [5.41, 5.74) is -0.0817.